The second kappa shape index (κ2) is 6.22. The highest BCUT2D eigenvalue weighted by molar-refractivity contribution is 5.88. The van der Waals surface area contributed by atoms with Crippen molar-refractivity contribution < 1.29 is 14.7 Å². The van der Waals surface area contributed by atoms with Crippen molar-refractivity contribution >= 4 is 11.9 Å². The Kier molecular flexibility index (Phi) is 4.38. The number of hydrogen-bond acceptors (Lipinski definition) is 2. The first-order valence-electron chi connectivity index (χ1n) is 6.65. The van der Waals surface area contributed by atoms with Gasteiger partial charge in [-0.05, 0) is 41.3 Å². The van der Waals surface area contributed by atoms with Crippen molar-refractivity contribution in [1.82, 2.24) is 5.32 Å². The predicted molar refractivity (Wildman–Crippen MR) is 81.1 cm³/mol. The number of aromatic carboxylic acids is 1. The van der Waals surface area contributed by atoms with E-state index in [2.05, 4.69) is 5.32 Å². The zero-order valence-electron chi connectivity index (χ0n) is 12.0. The van der Waals surface area contributed by atoms with Gasteiger partial charge in [-0.1, -0.05) is 30.3 Å². The molecule has 0 unspecified atom stereocenters. The summed E-state index contributed by atoms with van der Waals surface area (Å²) in [5.41, 5.74) is 4.43. The molecule has 2 aromatic rings. The fourth-order valence-electron chi connectivity index (χ4n) is 2.18. The second-order valence-corrected chi connectivity index (χ2v) is 4.94. The molecule has 2 aromatic carbocycles. The molecule has 0 saturated carbocycles. The summed E-state index contributed by atoms with van der Waals surface area (Å²) in [5, 5.41) is 11.7. The molecule has 0 spiro atoms. The summed E-state index contributed by atoms with van der Waals surface area (Å²) in [7, 11) is 0. The smallest absolute Gasteiger partial charge is 0.335 e. The molecule has 0 aliphatic rings. The summed E-state index contributed by atoms with van der Waals surface area (Å²) in [5.74, 6) is -0.982. The van der Waals surface area contributed by atoms with Crippen LogP contribution in [0.15, 0.2) is 42.5 Å². The fraction of sp³-hybridized carbons (Fsp3) is 0.176. The first-order chi connectivity index (χ1) is 9.97. The monoisotopic (exact) mass is 283 g/mol. The summed E-state index contributed by atoms with van der Waals surface area (Å²) < 4.78 is 0. The number of amides is 1. The van der Waals surface area contributed by atoms with Crippen molar-refractivity contribution in [2.75, 3.05) is 0 Å². The van der Waals surface area contributed by atoms with Crippen LogP contribution >= 0.6 is 0 Å². The minimum Gasteiger partial charge on any atom is -0.478 e. The largest absolute Gasteiger partial charge is 0.478 e. The van der Waals surface area contributed by atoms with E-state index < -0.39 is 5.97 Å². The average Bonchev–Trinajstić information content (AvgIpc) is 2.45. The highest BCUT2D eigenvalue weighted by Gasteiger charge is 2.06. The van der Waals surface area contributed by atoms with Gasteiger partial charge in [0.15, 0.2) is 0 Å². The molecular weight excluding hydrogens is 266 g/mol. The van der Waals surface area contributed by atoms with Gasteiger partial charge in [0.25, 0.3) is 0 Å². The van der Waals surface area contributed by atoms with Crippen LogP contribution in [0.25, 0.3) is 11.1 Å². The summed E-state index contributed by atoms with van der Waals surface area (Å²) in [6.45, 7) is 4.00. The Morgan fingerprint density at radius 3 is 2.29 bits per heavy atom. The Balaban J connectivity index is 2.24. The lowest BCUT2D eigenvalue weighted by atomic mass is 9.97. The molecule has 21 heavy (non-hydrogen) atoms. The molecule has 0 aliphatic carbocycles. The number of hydrogen-bond donors (Lipinski definition) is 2. The van der Waals surface area contributed by atoms with Crippen LogP contribution in [-0.2, 0) is 11.3 Å². The Labute approximate surface area is 123 Å². The third kappa shape index (κ3) is 3.69. The number of nitrogens with one attached hydrogen (secondary N) is 1. The molecule has 1 amide bonds. The van der Waals surface area contributed by atoms with E-state index in [0.29, 0.717) is 6.54 Å². The normalized spacial score (nSPS) is 10.2. The van der Waals surface area contributed by atoms with Crippen molar-refractivity contribution in [2.45, 2.75) is 20.4 Å². The molecule has 2 rings (SSSR count). The zero-order chi connectivity index (χ0) is 15.4. The molecule has 2 N–H and O–H groups in total. The van der Waals surface area contributed by atoms with E-state index in [0.717, 1.165) is 22.3 Å². The number of carboxylic acid groups (broad SMARTS) is 1. The predicted octanol–water partition coefficient (Wildman–Crippen LogP) is 3.00. The number of rotatable bonds is 4. The maximum Gasteiger partial charge on any atom is 0.335 e. The molecular formula is C17H17NO3. The lowest BCUT2D eigenvalue weighted by molar-refractivity contribution is -0.119. The van der Waals surface area contributed by atoms with Crippen molar-refractivity contribution in [3.05, 3.63) is 59.2 Å². The average molecular weight is 283 g/mol. The topological polar surface area (TPSA) is 66.4 Å². The van der Waals surface area contributed by atoms with Crippen LogP contribution in [0.2, 0.25) is 0 Å². The van der Waals surface area contributed by atoms with Crippen LogP contribution in [0.5, 0.6) is 0 Å². The number of aryl methyl sites for hydroxylation is 1. The molecule has 0 aliphatic heterocycles. The molecule has 4 heteroatoms. The first kappa shape index (κ1) is 14.8. The minimum absolute atomic E-state index is 0.0546. The van der Waals surface area contributed by atoms with E-state index in [9.17, 15) is 9.59 Å². The van der Waals surface area contributed by atoms with Gasteiger partial charge in [0, 0.05) is 13.5 Å². The number of benzene rings is 2. The number of carbonyl (C=O) groups excluding carboxylic acids is 1. The third-order valence-electron chi connectivity index (χ3n) is 3.28. The van der Waals surface area contributed by atoms with Gasteiger partial charge in [-0.25, -0.2) is 4.79 Å². The molecule has 0 radical (unpaired) electrons. The molecule has 0 bridgehead atoms. The minimum atomic E-state index is -0.927. The van der Waals surface area contributed by atoms with Gasteiger partial charge in [-0.15, -0.1) is 0 Å². The van der Waals surface area contributed by atoms with Crippen molar-refractivity contribution in [1.29, 1.82) is 0 Å². The third-order valence-corrected chi connectivity index (χ3v) is 3.28. The molecule has 0 atom stereocenters. The van der Waals surface area contributed by atoms with Crippen molar-refractivity contribution in [3.63, 3.8) is 0 Å². The van der Waals surface area contributed by atoms with Gasteiger partial charge in [-0.3, -0.25) is 4.79 Å². The van der Waals surface area contributed by atoms with E-state index in [-0.39, 0.29) is 11.5 Å². The van der Waals surface area contributed by atoms with Crippen LogP contribution < -0.4 is 5.32 Å². The molecule has 108 valence electrons. The molecule has 0 fully saturated rings. The highest BCUT2D eigenvalue weighted by Crippen LogP contribution is 2.24. The van der Waals surface area contributed by atoms with E-state index in [1.54, 1.807) is 24.3 Å². The van der Waals surface area contributed by atoms with Crippen LogP contribution in [-0.4, -0.2) is 17.0 Å². The Morgan fingerprint density at radius 2 is 1.76 bits per heavy atom. The van der Waals surface area contributed by atoms with Crippen molar-refractivity contribution in [3.8, 4) is 11.1 Å². The van der Waals surface area contributed by atoms with Crippen LogP contribution in [0.3, 0.4) is 0 Å². The van der Waals surface area contributed by atoms with E-state index >= 15 is 0 Å². The van der Waals surface area contributed by atoms with Crippen LogP contribution in [0, 0.1) is 6.92 Å². The highest BCUT2D eigenvalue weighted by atomic mass is 16.4. The molecule has 4 nitrogen and oxygen atoms in total. The molecule has 0 heterocycles. The zero-order valence-corrected chi connectivity index (χ0v) is 12.0. The van der Waals surface area contributed by atoms with Crippen molar-refractivity contribution in [2.24, 2.45) is 0 Å². The Morgan fingerprint density at radius 1 is 1.10 bits per heavy atom. The maximum atomic E-state index is 10.9. The van der Waals surface area contributed by atoms with Gasteiger partial charge < -0.3 is 10.4 Å². The molecule has 0 aromatic heterocycles. The maximum absolute atomic E-state index is 10.9. The van der Waals surface area contributed by atoms with Crippen LogP contribution in [0.4, 0.5) is 0 Å². The number of carbonyl (C=O) groups is 2. The van der Waals surface area contributed by atoms with Gasteiger partial charge in [-0.2, -0.15) is 0 Å². The van der Waals surface area contributed by atoms with Crippen LogP contribution in [0.1, 0.15) is 28.4 Å². The summed E-state index contributed by atoms with van der Waals surface area (Å²) in [6, 6.07) is 12.8. The number of carboxylic acids is 1. The van der Waals surface area contributed by atoms with Gasteiger partial charge in [0.05, 0.1) is 5.56 Å². The second-order valence-electron chi connectivity index (χ2n) is 4.94. The van der Waals surface area contributed by atoms with E-state index in [4.69, 9.17) is 5.11 Å². The summed E-state index contributed by atoms with van der Waals surface area (Å²) >= 11 is 0. The quantitative estimate of drug-likeness (QED) is 0.906. The Bertz CT molecular complexity index is 675. The first-order valence-corrected chi connectivity index (χ1v) is 6.65. The standard InChI is InChI=1S/C17H17NO3/c1-11-9-13(10-18-12(2)19)3-8-16(11)14-4-6-15(7-5-14)17(20)21/h3-9H,10H2,1-2H3,(H,18,19)(H,20,21). The van der Waals surface area contributed by atoms with Gasteiger partial charge in [0.1, 0.15) is 0 Å². The lowest BCUT2D eigenvalue weighted by Crippen LogP contribution is -2.18. The SMILES string of the molecule is CC(=O)NCc1ccc(-c2ccc(C(=O)O)cc2)c(C)c1. The summed E-state index contributed by atoms with van der Waals surface area (Å²) in [6.07, 6.45) is 0. The molecule has 0 saturated heterocycles. The van der Waals surface area contributed by atoms with E-state index in [1.807, 2.05) is 25.1 Å². The Hall–Kier alpha value is -2.62. The van der Waals surface area contributed by atoms with E-state index in [1.165, 1.54) is 6.92 Å². The fourth-order valence-corrected chi connectivity index (χ4v) is 2.18. The summed E-state index contributed by atoms with van der Waals surface area (Å²) in [4.78, 5) is 21.8. The van der Waals surface area contributed by atoms with Gasteiger partial charge >= 0.3 is 5.97 Å². The van der Waals surface area contributed by atoms with Gasteiger partial charge in [0.2, 0.25) is 5.91 Å². The lowest BCUT2D eigenvalue weighted by Gasteiger charge is -2.09.